The van der Waals surface area contributed by atoms with Gasteiger partial charge in [-0.15, -0.1) is 0 Å². The fraction of sp³-hybridized carbons (Fsp3) is 0.143. The maximum absolute atomic E-state index is 12.3. The third-order valence-electron chi connectivity index (χ3n) is 5.54. The van der Waals surface area contributed by atoms with Crippen LogP contribution in [0, 0.1) is 0 Å². The van der Waals surface area contributed by atoms with Gasteiger partial charge in [-0.2, -0.15) is 5.10 Å². The van der Waals surface area contributed by atoms with E-state index in [0.717, 1.165) is 46.1 Å². The summed E-state index contributed by atoms with van der Waals surface area (Å²) in [6.07, 6.45) is 2.55. The Kier molecular flexibility index (Phi) is 8.95. The summed E-state index contributed by atoms with van der Waals surface area (Å²) in [6, 6.07) is 24.3. The van der Waals surface area contributed by atoms with Crippen LogP contribution in [0.1, 0.15) is 24.3 Å². The van der Waals surface area contributed by atoms with E-state index >= 15 is 0 Å². The molecule has 4 rings (SSSR count). The second-order valence-corrected chi connectivity index (χ2v) is 9.36. The third kappa shape index (κ3) is 6.85. The molecule has 4 aromatic carbocycles. The molecule has 0 aromatic heterocycles. The summed E-state index contributed by atoms with van der Waals surface area (Å²) in [5.41, 5.74) is 4.92. The van der Waals surface area contributed by atoms with Crippen molar-refractivity contribution in [2.45, 2.75) is 6.42 Å². The number of hydrazone groups is 1. The minimum Gasteiger partial charge on any atom is -0.506 e. The second kappa shape index (κ2) is 12.5. The predicted molar refractivity (Wildman–Crippen MR) is 153 cm³/mol. The first-order valence-electron chi connectivity index (χ1n) is 11.4. The number of benzene rings is 4. The number of nitrogens with zero attached hydrogens (tertiary/aromatic N) is 1. The molecule has 0 aliphatic rings. The number of aromatic hydroxyl groups is 1. The number of hydrogen-bond donors (Lipinski definition) is 3. The van der Waals surface area contributed by atoms with Gasteiger partial charge in [0.15, 0.2) is 0 Å². The van der Waals surface area contributed by atoms with Gasteiger partial charge in [-0.05, 0) is 66.4 Å². The minimum absolute atomic E-state index is 0. The van der Waals surface area contributed by atoms with Crippen LogP contribution in [0.4, 0.5) is 0 Å². The molecule has 6 nitrogen and oxygen atoms in total. The number of amides is 1. The highest BCUT2D eigenvalue weighted by Crippen LogP contribution is 2.28. The average molecular weight is 571 g/mol. The van der Waals surface area contributed by atoms with Gasteiger partial charge in [0.1, 0.15) is 18.1 Å². The summed E-state index contributed by atoms with van der Waals surface area (Å²) in [4.78, 5) is 12.3. The van der Waals surface area contributed by atoms with E-state index in [1.807, 2.05) is 36.4 Å². The third-order valence-corrected chi connectivity index (χ3v) is 6.37. The molecule has 0 fully saturated rings. The van der Waals surface area contributed by atoms with Crippen molar-refractivity contribution in [3.8, 4) is 11.5 Å². The SMILES string of the molecule is O=C(N/N=C/c1ccc(OCCNCCc2ccc(Br)cc2)c2ccccc12)c1ccc(O)c(Cl)c1.[HH].[HH]. The Balaban J connectivity index is 0.00000253. The monoisotopic (exact) mass is 569 g/mol. The topological polar surface area (TPSA) is 83.0 Å². The number of fused-ring (bicyclic) bond motifs is 1. The van der Waals surface area contributed by atoms with E-state index in [9.17, 15) is 9.90 Å². The molecule has 0 bridgehead atoms. The molecule has 3 N–H and O–H groups in total. The number of rotatable bonds is 10. The largest absolute Gasteiger partial charge is 0.506 e. The van der Waals surface area contributed by atoms with Gasteiger partial charge in [-0.1, -0.05) is 63.9 Å². The zero-order valence-electron chi connectivity index (χ0n) is 19.4. The normalized spacial score (nSPS) is 11.2. The van der Waals surface area contributed by atoms with E-state index in [-0.39, 0.29) is 13.6 Å². The smallest absolute Gasteiger partial charge is 0.271 e. The number of hydrogen-bond acceptors (Lipinski definition) is 5. The van der Waals surface area contributed by atoms with Crippen LogP contribution in [0.5, 0.6) is 11.5 Å². The fourth-order valence-corrected chi connectivity index (χ4v) is 4.09. The van der Waals surface area contributed by atoms with Crippen LogP contribution in [0.2, 0.25) is 5.02 Å². The zero-order chi connectivity index (χ0) is 25.3. The lowest BCUT2D eigenvalue weighted by atomic mass is 10.0. The van der Waals surface area contributed by atoms with Crippen molar-refractivity contribution < 1.29 is 17.5 Å². The van der Waals surface area contributed by atoms with Crippen LogP contribution in [-0.4, -0.2) is 36.9 Å². The van der Waals surface area contributed by atoms with E-state index in [1.54, 1.807) is 6.21 Å². The Hall–Kier alpha value is -3.39. The molecule has 4 aromatic rings. The van der Waals surface area contributed by atoms with E-state index in [0.29, 0.717) is 12.2 Å². The summed E-state index contributed by atoms with van der Waals surface area (Å²) in [5, 5.41) is 19.0. The van der Waals surface area contributed by atoms with E-state index in [2.05, 4.69) is 56.0 Å². The quantitative estimate of drug-likeness (QED) is 0.117. The van der Waals surface area contributed by atoms with Gasteiger partial charge >= 0.3 is 0 Å². The standard InChI is InChI=1S/C28H25BrClN3O3.2H2/c29-22-9-5-19(6-10-22)13-14-31-15-16-36-27-12-8-21(23-3-1-2-4-24(23)27)18-32-33-28(35)20-7-11-26(34)25(30)17-20;;/h1-12,17-18,31,34H,13-16H2,(H,33,35);2*1H/b32-18+;;. The molecular weight excluding hydrogens is 542 g/mol. The van der Waals surface area contributed by atoms with Crippen LogP contribution in [0.3, 0.4) is 0 Å². The Labute approximate surface area is 226 Å². The molecular formula is C28H29BrClN3O3. The summed E-state index contributed by atoms with van der Waals surface area (Å²) in [5.74, 6) is 0.285. The van der Waals surface area contributed by atoms with E-state index < -0.39 is 5.91 Å². The number of phenolic OH excluding ortho intramolecular Hbond substituents is 1. The second-order valence-electron chi connectivity index (χ2n) is 8.04. The first-order valence-corrected chi connectivity index (χ1v) is 12.6. The molecule has 1 amide bonds. The molecule has 0 heterocycles. The number of phenols is 1. The Bertz CT molecular complexity index is 1390. The number of nitrogens with one attached hydrogen (secondary N) is 2. The molecule has 36 heavy (non-hydrogen) atoms. The molecule has 8 heteroatoms. The lowest BCUT2D eigenvalue weighted by molar-refractivity contribution is 0.0955. The van der Waals surface area contributed by atoms with Gasteiger partial charge in [-0.3, -0.25) is 4.79 Å². The van der Waals surface area contributed by atoms with Crippen molar-refractivity contribution >= 4 is 50.4 Å². The Morgan fingerprint density at radius 2 is 1.81 bits per heavy atom. The molecule has 0 aliphatic heterocycles. The lowest BCUT2D eigenvalue weighted by Gasteiger charge is -2.12. The zero-order valence-corrected chi connectivity index (χ0v) is 21.7. The van der Waals surface area contributed by atoms with E-state index in [4.69, 9.17) is 16.3 Å². The van der Waals surface area contributed by atoms with Crippen LogP contribution in [-0.2, 0) is 6.42 Å². The first-order chi connectivity index (χ1) is 17.5. The molecule has 188 valence electrons. The molecule has 0 saturated carbocycles. The van der Waals surface area contributed by atoms with Gasteiger partial charge in [0.2, 0.25) is 0 Å². The van der Waals surface area contributed by atoms with Gasteiger partial charge in [0, 0.05) is 30.4 Å². The fourth-order valence-electron chi connectivity index (χ4n) is 3.65. The molecule has 0 aliphatic carbocycles. The van der Waals surface area contributed by atoms with Crippen molar-refractivity contribution in [3.05, 3.63) is 105 Å². The van der Waals surface area contributed by atoms with Gasteiger partial charge < -0.3 is 15.2 Å². The van der Waals surface area contributed by atoms with Crippen molar-refractivity contribution in [1.29, 1.82) is 0 Å². The highest BCUT2D eigenvalue weighted by Gasteiger charge is 2.08. The molecule has 0 radical (unpaired) electrons. The van der Waals surface area contributed by atoms with E-state index in [1.165, 1.54) is 23.8 Å². The number of carbonyl (C=O) groups is 1. The van der Waals surface area contributed by atoms with Crippen molar-refractivity contribution in [2.75, 3.05) is 19.7 Å². The van der Waals surface area contributed by atoms with Crippen LogP contribution in [0.15, 0.2) is 88.4 Å². The van der Waals surface area contributed by atoms with Gasteiger partial charge in [-0.25, -0.2) is 5.43 Å². The van der Waals surface area contributed by atoms with Gasteiger partial charge in [0.05, 0.1) is 11.2 Å². The highest BCUT2D eigenvalue weighted by molar-refractivity contribution is 9.10. The number of ether oxygens (including phenoxy) is 1. The van der Waals surface area contributed by atoms with Crippen molar-refractivity contribution in [1.82, 2.24) is 10.7 Å². The summed E-state index contributed by atoms with van der Waals surface area (Å²) in [7, 11) is 0. The highest BCUT2D eigenvalue weighted by atomic mass is 79.9. The van der Waals surface area contributed by atoms with Gasteiger partial charge in [0.25, 0.3) is 5.91 Å². The predicted octanol–water partition coefficient (Wildman–Crippen LogP) is 6.43. The summed E-state index contributed by atoms with van der Waals surface area (Å²) >= 11 is 9.33. The minimum atomic E-state index is -0.426. The van der Waals surface area contributed by atoms with Crippen LogP contribution < -0.4 is 15.5 Å². The van der Waals surface area contributed by atoms with Crippen LogP contribution in [0.25, 0.3) is 10.8 Å². The number of halogens is 2. The lowest BCUT2D eigenvalue weighted by Crippen LogP contribution is -2.23. The maximum atomic E-state index is 12.3. The van der Waals surface area contributed by atoms with Crippen molar-refractivity contribution in [2.24, 2.45) is 5.10 Å². The average Bonchev–Trinajstić information content (AvgIpc) is 2.89. The van der Waals surface area contributed by atoms with Crippen LogP contribution >= 0.6 is 27.5 Å². The maximum Gasteiger partial charge on any atom is 0.271 e. The Morgan fingerprint density at radius 3 is 2.58 bits per heavy atom. The molecule has 0 saturated heterocycles. The summed E-state index contributed by atoms with van der Waals surface area (Å²) in [6.45, 7) is 2.16. The van der Waals surface area contributed by atoms with Crippen molar-refractivity contribution in [3.63, 3.8) is 0 Å². The first kappa shape index (κ1) is 25.7. The number of carbonyl (C=O) groups excluding carboxylic acids is 1. The molecule has 0 unspecified atom stereocenters. The molecule has 0 atom stereocenters. The molecule has 0 spiro atoms. The summed E-state index contributed by atoms with van der Waals surface area (Å²) < 4.78 is 7.13. The Morgan fingerprint density at radius 1 is 1.03 bits per heavy atom.